The third kappa shape index (κ3) is 5.37. The minimum absolute atomic E-state index is 0.571. The lowest BCUT2D eigenvalue weighted by molar-refractivity contribution is -0.144. The van der Waals surface area contributed by atoms with Gasteiger partial charge in [-0.15, -0.1) is 0 Å². The van der Waals surface area contributed by atoms with Gasteiger partial charge in [0.2, 0.25) is 0 Å². The number of carboxylic acids is 1. The first-order valence-electron chi connectivity index (χ1n) is 9.70. The summed E-state index contributed by atoms with van der Waals surface area (Å²) in [6.45, 7) is 8.49. The molecule has 0 amide bonds. The Bertz CT molecular complexity index is 723. The van der Waals surface area contributed by atoms with E-state index < -0.39 is 12.0 Å². The Morgan fingerprint density at radius 2 is 1.78 bits per heavy atom. The van der Waals surface area contributed by atoms with Crippen LogP contribution in [0.25, 0.3) is 0 Å². The lowest BCUT2D eigenvalue weighted by Crippen LogP contribution is -2.48. The van der Waals surface area contributed by atoms with Crippen LogP contribution in [0.3, 0.4) is 0 Å². The molecule has 5 nitrogen and oxygen atoms in total. The van der Waals surface area contributed by atoms with Gasteiger partial charge in [-0.25, -0.2) is 0 Å². The molecule has 2 aromatic rings. The number of benzene rings is 1. The molecule has 0 saturated carbocycles. The maximum atomic E-state index is 12.0. The van der Waals surface area contributed by atoms with Crippen LogP contribution in [0, 0.1) is 5.92 Å². The predicted molar refractivity (Wildman–Crippen MR) is 106 cm³/mol. The van der Waals surface area contributed by atoms with E-state index in [4.69, 9.17) is 0 Å². The first kappa shape index (κ1) is 19.5. The Hall–Kier alpha value is -2.24. The molecule has 27 heavy (non-hydrogen) atoms. The summed E-state index contributed by atoms with van der Waals surface area (Å²) in [6, 6.07) is 11.6. The molecule has 144 valence electrons. The minimum atomic E-state index is -0.771. The van der Waals surface area contributed by atoms with Crippen LogP contribution in [-0.2, 0) is 17.8 Å². The topological polar surface area (TPSA) is 56.7 Å². The third-order valence-corrected chi connectivity index (χ3v) is 5.07. The van der Waals surface area contributed by atoms with Crippen LogP contribution >= 0.6 is 0 Å². The number of pyridine rings is 1. The Labute approximate surface area is 161 Å². The van der Waals surface area contributed by atoms with Gasteiger partial charge in [-0.2, -0.15) is 0 Å². The maximum Gasteiger partial charge on any atom is 0.325 e. The van der Waals surface area contributed by atoms with Crippen LogP contribution in [0.15, 0.2) is 48.8 Å². The van der Waals surface area contributed by atoms with Gasteiger partial charge in [0, 0.05) is 45.1 Å². The van der Waals surface area contributed by atoms with Gasteiger partial charge < -0.3 is 5.11 Å². The Balaban J connectivity index is 1.62. The quantitative estimate of drug-likeness (QED) is 0.814. The molecule has 1 atom stereocenters. The molecular weight excluding hydrogens is 338 g/mol. The van der Waals surface area contributed by atoms with E-state index in [0.29, 0.717) is 5.92 Å². The van der Waals surface area contributed by atoms with Crippen molar-refractivity contribution in [1.29, 1.82) is 0 Å². The van der Waals surface area contributed by atoms with E-state index in [2.05, 4.69) is 46.8 Å². The lowest BCUT2D eigenvalue weighted by atomic mass is 9.98. The van der Waals surface area contributed by atoms with Crippen LogP contribution in [0.4, 0.5) is 0 Å². The van der Waals surface area contributed by atoms with Crippen molar-refractivity contribution in [2.45, 2.75) is 32.9 Å². The standard InChI is InChI=1S/C22H29N3O2/c1-17(2)14-18-5-7-20(8-6-18)21(22(26)27)25-12-10-24(11-13-25)16-19-4-3-9-23-15-19/h3-9,15,17,21H,10-14,16H2,1-2H3,(H,26,27)/t21-/m0/s1. The molecule has 0 radical (unpaired) electrons. The monoisotopic (exact) mass is 367 g/mol. The zero-order chi connectivity index (χ0) is 19.2. The number of aromatic nitrogens is 1. The van der Waals surface area contributed by atoms with Gasteiger partial charge in [0.1, 0.15) is 6.04 Å². The molecule has 0 spiro atoms. The van der Waals surface area contributed by atoms with E-state index >= 15 is 0 Å². The number of aliphatic carboxylic acids is 1. The van der Waals surface area contributed by atoms with E-state index in [1.807, 2.05) is 24.4 Å². The van der Waals surface area contributed by atoms with Gasteiger partial charge in [-0.1, -0.05) is 44.2 Å². The first-order valence-corrected chi connectivity index (χ1v) is 9.70. The van der Waals surface area contributed by atoms with E-state index in [1.54, 1.807) is 6.20 Å². The zero-order valence-corrected chi connectivity index (χ0v) is 16.2. The van der Waals surface area contributed by atoms with Crippen molar-refractivity contribution in [2.75, 3.05) is 26.2 Å². The van der Waals surface area contributed by atoms with Crippen LogP contribution in [0.2, 0.25) is 0 Å². The summed E-state index contributed by atoms with van der Waals surface area (Å²) < 4.78 is 0. The van der Waals surface area contributed by atoms with E-state index in [9.17, 15) is 9.90 Å². The molecule has 1 aromatic heterocycles. The van der Waals surface area contributed by atoms with Crippen LogP contribution in [-0.4, -0.2) is 52.0 Å². The largest absolute Gasteiger partial charge is 0.480 e. The molecule has 5 heteroatoms. The van der Waals surface area contributed by atoms with Gasteiger partial charge in [0.15, 0.2) is 0 Å². The molecular formula is C22H29N3O2. The van der Waals surface area contributed by atoms with Crippen molar-refractivity contribution >= 4 is 5.97 Å². The highest BCUT2D eigenvalue weighted by atomic mass is 16.4. The third-order valence-electron chi connectivity index (χ3n) is 5.07. The zero-order valence-electron chi connectivity index (χ0n) is 16.2. The fourth-order valence-corrected chi connectivity index (χ4v) is 3.75. The van der Waals surface area contributed by atoms with Crippen molar-refractivity contribution in [3.8, 4) is 0 Å². The van der Waals surface area contributed by atoms with E-state index in [-0.39, 0.29) is 0 Å². The predicted octanol–water partition coefficient (Wildman–Crippen LogP) is 3.22. The van der Waals surface area contributed by atoms with Crippen LogP contribution in [0.5, 0.6) is 0 Å². The van der Waals surface area contributed by atoms with Crippen molar-refractivity contribution < 1.29 is 9.90 Å². The summed E-state index contributed by atoms with van der Waals surface area (Å²) in [7, 11) is 0. The fraction of sp³-hybridized carbons (Fsp3) is 0.455. The first-order chi connectivity index (χ1) is 13.0. The van der Waals surface area contributed by atoms with Gasteiger partial charge in [-0.05, 0) is 35.1 Å². The van der Waals surface area contributed by atoms with Crippen molar-refractivity contribution in [3.63, 3.8) is 0 Å². The second-order valence-corrected chi connectivity index (χ2v) is 7.75. The molecule has 0 bridgehead atoms. The molecule has 3 rings (SSSR count). The van der Waals surface area contributed by atoms with Gasteiger partial charge >= 0.3 is 5.97 Å². The molecule has 1 aromatic carbocycles. The highest BCUT2D eigenvalue weighted by Gasteiger charge is 2.30. The molecule has 1 saturated heterocycles. The van der Waals surface area contributed by atoms with E-state index in [1.165, 1.54) is 11.1 Å². The molecule has 2 heterocycles. The number of rotatable bonds is 7. The summed E-state index contributed by atoms with van der Waals surface area (Å²) >= 11 is 0. The fourth-order valence-electron chi connectivity index (χ4n) is 3.75. The molecule has 1 aliphatic heterocycles. The van der Waals surface area contributed by atoms with E-state index in [0.717, 1.165) is 44.7 Å². The molecule has 1 N–H and O–H groups in total. The summed E-state index contributed by atoms with van der Waals surface area (Å²) in [6.07, 6.45) is 4.70. The highest BCUT2D eigenvalue weighted by molar-refractivity contribution is 5.75. The average Bonchev–Trinajstić information content (AvgIpc) is 2.65. The number of nitrogens with zero attached hydrogens (tertiary/aromatic N) is 3. The van der Waals surface area contributed by atoms with Gasteiger partial charge in [-0.3, -0.25) is 19.6 Å². The van der Waals surface area contributed by atoms with Crippen molar-refractivity contribution in [3.05, 3.63) is 65.5 Å². The van der Waals surface area contributed by atoms with Gasteiger partial charge in [0.25, 0.3) is 0 Å². The lowest BCUT2D eigenvalue weighted by Gasteiger charge is -2.37. The number of piperazine rings is 1. The Kier molecular flexibility index (Phi) is 6.58. The van der Waals surface area contributed by atoms with Crippen LogP contribution < -0.4 is 0 Å². The summed E-state index contributed by atoms with van der Waals surface area (Å²) in [5, 5.41) is 9.83. The minimum Gasteiger partial charge on any atom is -0.480 e. The number of carboxylic acid groups (broad SMARTS) is 1. The summed E-state index contributed by atoms with van der Waals surface area (Å²) in [5.74, 6) is -0.175. The van der Waals surface area contributed by atoms with Crippen molar-refractivity contribution in [1.82, 2.24) is 14.8 Å². The number of hydrogen-bond donors (Lipinski definition) is 1. The Morgan fingerprint density at radius 3 is 2.33 bits per heavy atom. The molecule has 1 fully saturated rings. The number of hydrogen-bond acceptors (Lipinski definition) is 4. The molecule has 0 unspecified atom stereocenters. The summed E-state index contributed by atoms with van der Waals surface area (Å²) in [4.78, 5) is 20.6. The smallest absolute Gasteiger partial charge is 0.325 e. The Morgan fingerprint density at radius 1 is 1.07 bits per heavy atom. The van der Waals surface area contributed by atoms with Crippen LogP contribution in [0.1, 0.15) is 36.6 Å². The maximum absolute atomic E-state index is 12.0. The van der Waals surface area contributed by atoms with Crippen molar-refractivity contribution in [2.24, 2.45) is 5.92 Å². The van der Waals surface area contributed by atoms with Gasteiger partial charge in [0.05, 0.1) is 0 Å². The molecule has 0 aliphatic carbocycles. The summed E-state index contributed by atoms with van der Waals surface area (Å²) in [5.41, 5.74) is 3.33. The number of carbonyl (C=O) groups is 1. The molecule has 1 aliphatic rings. The normalized spacial score (nSPS) is 17.1. The average molecular weight is 367 g/mol. The SMILES string of the molecule is CC(C)Cc1ccc([C@@H](C(=O)O)N2CCN(Cc3cccnc3)CC2)cc1. The second kappa shape index (κ2) is 9.11. The highest BCUT2D eigenvalue weighted by Crippen LogP contribution is 2.24. The second-order valence-electron chi connectivity index (χ2n) is 7.75.